The first kappa shape index (κ1) is 23.8. The number of hydrogen-bond donors (Lipinski definition) is 3. The molecule has 5 atom stereocenters. The highest BCUT2D eigenvalue weighted by Gasteiger charge is 2.54. The molecule has 0 unspecified atom stereocenters. The maximum atomic E-state index is 14.2. The first-order valence-corrected chi connectivity index (χ1v) is 11.4. The number of non-ortho nitro benzene ring substituents is 1. The summed E-state index contributed by atoms with van der Waals surface area (Å²) in [7, 11) is 0. The molecule has 0 saturated heterocycles. The molecule has 2 fully saturated rings. The minimum absolute atomic E-state index is 0.0566. The number of nitro groups is 1. The number of carbonyl (C=O) groups excluding carboxylic acids is 2. The van der Waals surface area contributed by atoms with E-state index in [9.17, 15) is 24.1 Å². The van der Waals surface area contributed by atoms with Gasteiger partial charge in [0.2, 0.25) is 17.1 Å². The Morgan fingerprint density at radius 2 is 2.12 bits per heavy atom. The zero-order valence-corrected chi connectivity index (χ0v) is 18.9. The third kappa shape index (κ3) is 5.09. The van der Waals surface area contributed by atoms with Crippen LogP contribution in [0.1, 0.15) is 32.1 Å². The number of primary amides is 1. The monoisotopic (exact) mass is 490 g/mol. The van der Waals surface area contributed by atoms with E-state index in [2.05, 4.69) is 20.6 Å². The summed E-state index contributed by atoms with van der Waals surface area (Å²) in [6.07, 6.45) is 4.19. The SMILES string of the molecule is NC(=O)[C@H]1[C@H]2C[C@@H](CCCC(=O)Nc3cccc([N+](=O)[O-])c3)[C@@H](C2)[C@H]1Nc1nc(Cl)ncc1F. The molecule has 0 radical (unpaired) electrons. The summed E-state index contributed by atoms with van der Waals surface area (Å²) in [5.41, 5.74) is 5.94. The zero-order valence-electron chi connectivity index (χ0n) is 18.1. The number of nitro benzene ring substituents is 1. The van der Waals surface area contributed by atoms with Gasteiger partial charge in [0, 0.05) is 30.3 Å². The number of amides is 2. The Labute approximate surface area is 199 Å². The van der Waals surface area contributed by atoms with E-state index >= 15 is 0 Å². The van der Waals surface area contributed by atoms with Crippen LogP contribution in [0.15, 0.2) is 30.5 Å². The Balaban J connectivity index is 1.35. The number of hydrogen-bond acceptors (Lipinski definition) is 7. The van der Waals surface area contributed by atoms with Crippen LogP contribution in [0.5, 0.6) is 0 Å². The molecule has 2 aromatic rings. The summed E-state index contributed by atoms with van der Waals surface area (Å²) < 4.78 is 14.2. The van der Waals surface area contributed by atoms with Gasteiger partial charge in [-0.2, -0.15) is 4.98 Å². The van der Waals surface area contributed by atoms with Crippen molar-refractivity contribution in [3.05, 3.63) is 51.7 Å². The predicted octanol–water partition coefficient (Wildman–Crippen LogP) is 3.52. The minimum atomic E-state index is -0.662. The predicted molar refractivity (Wildman–Crippen MR) is 122 cm³/mol. The highest BCUT2D eigenvalue weighted by Crippen LogP contribution is 2.54. The van der Waals surface area contributed by atoms with Crippen LogP contribution in [0.4, 0.5) is 21.6 Å². The van der Waals surface area contributed by atoms with Crippen molar-refractivity contribution in [2.45, 2.75) is 38.1 Å². The average molecular weight is 491 g/mol. The normalized spacial score (nSPS) is 25.2. The fourth-order valence-electron chi connectivity index (χ4n) is 5.48. The number of aromatic nitrogens is 2. The second-order valence-corrected chi connectivity index (χ2v) is 9.18. The van der Waals surface area contributed by atoms with Gasteiger partial charge in [0.25, 0.3) is 5.69 Å². The molecular formula is C22H24ClFN6O4. The molecule has 12 heteroatoms. The van der Waals surface area contributed by atoms with E-state index < -0.39 is 22.6 Å². The van der Waals surface area contributed by atoms with E-state index in [1.807, 2.05) is 0 Å². The van der Waals surface area contributed by atoms with Gasteiger partial charge in [-0.3, -0.25) is 19.7 Å². The first-order valence-electron chi connectivity index (χ1n) is 11.0. The van der Waals surface area contributed by atoms with Crippen LogP contribution in [0, 0.1) is 39.6 Å². The van der Waals surface area contributed by atoms with Crippen LogP contribution in [0.2, 0.25) is 5.28 Å². The van der Waals surface area contributed by atoms with Crippen molar-refractivity contribution in [1.29, 1.82) is 0 Å². The lowest BCUT2D eigenvalue weighted by Gasteiger charge is -2.35. The number of rotatable bonds is 9. The first-order chi connectivity index (χ1) is 16.2. The molecule has 4 rings (SSSR count). The molecule has 2 aliphatic carbocycles. The van der Waals surface area contributed by atoms with Gasteiger partial charge in [-0.1, -0.05) is 6.07 Å². The molecule has 180 valence electrons. The van der Waals surface area contributed by atoms with Gasteiger partial charge in [0.1, 0.15) is 0 Å². The van der Waals surface area contributed by atoms with Crippen LogP contribution in [-0.4, -0.2) is 32.7 Å². The lowest BCUT2D eigenvalue weighted by atomic mass is 9.76. The Morgan fingerprint density at radius 1 is 1.32 bits per heavy atom. The van der Waals surface area contributed by atoms with E-state index in [-0.39, 0.29) is 52.9 Å². The van der Waals surface area contributed by atoms with E-state index in [0.717, 1.165) is 25.5 Å². The molecule has 1 aromatic carbocycles. The highest BCUT2D eigenvalue weighted by atomic mass is 35.5. The van der Waals surface area contributed by atoms with Gasteiger partial charge < -0.3 is 16.4 Å². The second kappa shape index (κ2) is 9.88. The number of benzene rings is 1. The number of fused-ring (bicyclic) bond motifs is 2. The molecular weight excluding hydrogens is 467 g/mol. The molecule has 0 spiro atoms. The lowest BCUT2D eigenvalue weighted by molar-refractivity contribution is -0.384. The molecule has 34 heavy (non-hydrogen) atoms. The van der Waals surface area contributed by atoms with E-state index in [1.54, 1.807) is 6.07 Å². The van der Waals surface area contributed by atoms with E-state index in [4.69, 9.17) is 17.3 Å². The summed E-state index contributed by atoms with van der Waals surface area (Å²) in [4.78, 5) is 42.3. The average Bonchev–Trinajstić information content (AvgIpc) is 3.34. The Bertz CT molecular complexity index is 1120. The summed E-state index contributed by atoms with van der Waals surface area (Å²) >= 11 is 5.80. The van der Waals surface area contributed by atoms with Gasteiger partial charge in [0.05, 0.1) is 17.0 Å². The molecule has 2 saturated carbocycles. The van der Waals surface area contributed by atoms with Crippen molar-refractivity contribution in [3.8, 4) is 0 Å². The number of nitrogens with two attached hydrogens (primary N) is 1. The van der Waals surface area contributed by atoms with E-state index in [0.29, 0.717) is 12.1 Å². The summed E-state index contributed by atoms with van der Waals surface area (Å²) in [6, 6.07) is 5.40. The van der Waals surface area contributed by atoms with Crippen LogP contribution >= 0.6 is 11.6 Å². The van der Waals surface area contributed by atoms with Crippen LogP contribution in [-0.2, 0) is 9.59 Å². The van der Waals surface area contributed by atoms with Crippen molar-refractivity contribution in [3.63, 3.8) is 0 Å². The summed E-state index contributed by atoms with van der Waals surface area (Å²) in [6.45, 7) is 0. The van der Waals surface area contributed by atoms with Crippen molar-refractivity contribution in [2.24, 2.45) is 29.4 Å². The van der Waals surface area contributed by atoms with E-state index in [1.165, 1.54) is 18.2 Å². The van der Waals surface area contributed by atoms with Crippen LogP contribution < -0.4 is 16.4 Å². The second-order valence-electron chi connectivity index (χ2n) is 8.84. The molecule has 4 N–H and O–H groups in total. The topological polar surface area (TPSA) is 153 Å². The molecule has 0 aliphatic heterocycles. The molecule has 1 aromatic heterocycles. The molecule has 2 aliphatic rings. The van der Waals surface area contributed by atoms with Crippen molar-refractivity contribution < 1.29 is 18.9 Å². The maximum Gasteiger partial charge on any atom is 0.271 e. The fourth-order valence-corrected chi connectivity index (χ4v) is 5.62. The zero-order chi connectivity index (χ0) is 24.4. The quantitative estimate of drug-likeness (QED) is 0.276. The van der Waals surface area contributed by atoms with Crippen LogP contribution in [0.3, 0.4) is 0 Å². The number of nitrogens with one attached hydrogen (secondary N) is 2. The van der Waals surface area contributed by atoms with Crippen molar-refractivity contribution in [2.75, 3.05) is 10.6 Å². The molecule has 1 heterocycles. The third-order valence-electron chi connectivity index (χ3n) is 6.81. The van der Waals surface area contributed by atoms with Gasteiger partial charge in [-0.05, 0) is 61.1 Å². The van der Waals surface area contributed by atoms with Gasteiger partial charge in [-0.25, -0.2) is 9.37 Å². The smallest absolute Gasteiger partial charge is 0.271 e. The largest absolute Gasteiger partial charge is 0.369 e. The lowest BCUT2D eigenvalue weighted by Crippen LogP contribution is -2.45. The number of anilines is 2. The third-order valence-corrected chi connectivity index (χ3v) is 6.99. The Kier molecular flexibility index (Phi) is 6.92. The van der Waals surface area contributed by atoms with Crippen molar-refractivity contribution in [1.82, 2.24) is 9.97 Å². The molecule has 2 bridgehead atoms. The number of carbonyl (C=O) groups is 2. The minimum Gasteiger partial charge on any atom is -0.369 e. The highest BCUT2D eigenvalue weighted by molar-refractivity contribution is 6.28. The molecule has 2 amide bonds. The number of halogens is 2. The van der Waals surface area contributed by atoms with Crippen molar-refractivity contribution >= 4 is 40.6 Å². The van der Waals surface area contributed by atoms with Gasteiger partial charge in [0.15, 0.2) is 11.6 Å². The van der Waals surface area contributed by atoms with Gasteiger partial charge >= 0.3 is 0 Å². The Hall–Kier alpha value is -3.34. The fraction of sp³-hybridized carbons (Fsp3) is 0.455. The summed E-state index contributed by atoms with van der Waals surface area (Å²) in [5.74, 6) is -1.41. The van der Waals surface area contributed by atoms with Gasteiger partial charge in [-0.15, -0.1) is 0 Å². The molecule has 10 nitrogen and oxygen atoms in total. The number of nitrogens with zero attached hydrogens (tertiary/aromatic N) is 3. The standard InChI is InChI=1S/C22H24ClFN6O4/c23-22-26-10-16(24)21(29-22)28-19-15-8-12(18(19)20(25)32)7-11(15)3-1-6-17(31)27-13-4-2-5-14(9-13)30(33)34/h2,4-5,9-12,15,18-19H,1,3,6-8H2,(H2,25,32)(H,27,31)(H,26,28,29)/t11-,12+,15-,18+,19-/m1/s1. The van der Waals surface area contributed by atoms with Crippen LogP contribution in [0.25, 0.3) is 0 Å². The summed E-state index contributed by atoms with van der Waals surface area (Å²) in [5, 5.41) is 16.5. The Morgan fingerprint density at radius 3 is 2.85 bits per heavy atom. The maximum absolute atomic E-state index is 14.2.